The summed E-state index contributed by atoms with van der Waals surface area (Å²) in [6.07, 6.45) is -2.87. The van der Waals surface area contributed by atoms with Crippen molar-refractivity contribution in [1.82, 2.24) is 10.6 Å². The molecule has 0 aliphatic carbocycles. The van der Waals surface area contributed by atoms with Crippen LogP contribution in [0.4, 0.5) is 18.9 Å². The van der Waals surface area contributed by atoms with Gasteiger partial charge in [0.2, 0.25) is 5.91 Å². The number of carbonyl (C=O) groups is 2. The number of anilines is 1. The Morgan fingerprint density at radius 2 is 1.82 bits per heavy atom. The van der Waals surface area contributed by atoms with E-state index in [2.05, 4.69) is 10.6 Å². The number of rotatable bonds is 7. The second kappa shape index (κ2) is 10.1. The predicted molar refractivity (Wildman–Crippen MR) is 121 cm³/mol. The van der Waals surface area contributed by atoms with Gasteiger partial charge in [0.25, 0.3) is 5.91 Å². The average Bonchev–Trinajstić information content (AvgIpc) is 2.76. The standard InChI is InChI=1S/C25H28F3N3O2/c1-4-31(15-18-9-6-5-7-10-18)21-12-8-11-19(22(21)25(26,27)28)23(32)29-14-20-16(2)13-17(3)30-24(20)33/h5-13,16,20H,4,14-15H2,1-3H3,(H,29,32)(H,30,33). The van der Waals surface area contributed by atoms with Crippen LogP contribution in [0.5, 0.6) is 0 Å². The number of hydrogen-bond donors (Lipinski definition) is 2. The Morgan fingerprint density at radius 3 is 2.42 bits per heavy atom. The number of benzene rings is 2. The lowest BCUT2D eigenvalue weighted by Gasteiger charge is -2.29. The van der Waals surface area contributed by atoms with E-state index in [4.69, 9.17) is 0 Å². The molecule has 1 heterocycles. The predicted octanol–water partition coefficient (Wildman–Crippen LogP) is 4.75. The summed E-state index contributed by atoms with van der Waals surface area (Å²) in [5, 5.41) is 5.24. The fourth-order valence-corrected chi connectivity index (χ4v) is 4.12. The van der Waals surface area contributed by atoms with Gasteiger partial charge in [0, 0.05) is 25.3 Å². The number of halogens is 3. The Morgan fingerprint density at radius 1 is 1.12 bits per heavy atom. The van der Waals surface area contributed by atoms with Gasteiger partial charge in [-0.25, -0.2) is 0 Å². The molecule has 0 radical (unpaired) electrons. The summed E-state index contributed by atoms with van der Waals surface area (Å²) in [5.41, 5.74) is 0.103. The second-order valence-electron chi connectivity index (χ2n) is 8.21. The maximum absolute atomic E-state index is 14.2. The molecule has 3 rings (SSSR count). The molecule has 0 spiro atoms. The van der Waals surface area contributed by atoms with Crippen LogP contribution in [0.25, 0.3) is 0 Å². The number of carbonyl (C=O) groups excluding carboxylic acids is 2. The molecule has 2 aromatic rings. The fourth-order valence-electron chi connectivity index (χ4n) is 4.12. The minimum Gasteiger partial charge on any atom is -0.367 e. The molecular formula is C25H28F3N3O2. The molecule has 1 aliphatic rings. The molecule has 2 N–H and O–H groups in total. The van der Waals surface area contributed by atoms with Gasteiger partial charge in [0.05, 0.1) is 22.7 Å². The fraction of sp³-hybridized carbons (Fsp3) is 0.360. The Hall–Kier alpha value is -3.29. The van der Waals surface area contributed by atoms with Gasteiger partial charge in [-0.2, -0.15) is 13.2 Å². The van der Waals surface area contributed by atoms with E-state index in [9.17, 15) is 22.8 Å². The number of hydrogen-bond acceptors (Lipinski definition) is 3. The third kappa shape index (κ3) is 5.74. The monoisotopic (exact) mass is 459 g/mol. The van der Waals surface area contributed by atoms with Crippen molar-refractivity contribution in [3.05, 3.63) is 77.0 Å². The van der Waals surface area contributed by atoms with E-state index in [0.717, 1.165) is 11.3 Å². The zero-order valence-electron chi connectivity index (χ0n) is 18.9. The first kappa shape index (κ1) is 24.4. The van der Waals surface area contributed by atoms with E-state index in [1.54, 1.807) is 18.7 Å². The summed E-state index contributed by atoms with van der Waals surface area (Å²) in [6, 6.07) is 13.2. The van der Waals surface area contributed by atoms with Crippen LogP contribution in [-0.4, -0.2) is 24.9 Å². The highest BCUT2D eigenvalue weighted by molar-refractivity contribution is 5.98. The minimum absolute atomic E-state index is 0.0520. The molecule has 0 saturated heterocycles. The zero-order valence-corrected chi connectivity index (χ0v) is 18.9. The topological polar surface area (TPSA) is 61.4 Å². The van der Waals surface area contributed by atoms with Gasteiger partial charge in [-0.05, 0) is 37.5 Å². The number of allylic oxidation sites excluding steroid dienone is 2. The lowest BCUT2D eigenvalue weighted by molar-refractivity contribution is -0.137. The molecule has 2 amide bonds. The molecule has 0 saturated carbocycles. The number of nitrogens with one attached hydrogen (secondary N) is 2. The summed E-state index contributed by atoms with van der Waals surface area (Å²) < 4.78 is 42.6. The molecule has 0 bridgehead atoms. The molecule has 2 atom stereocenters. The van der Waals surface area contributed by atoms with Crippen LogP contribution in [-0.2, 0) is 17.5 Å². The van der Waals surface area contributed by atoms with Crippen molar-refractivity contribution < 1.29 is 22.8 Å². The Balaban J connectivity index is 1.89. The molecule has 176 valence electrons. The van der Waals surface area contributed by atoms with Gasteiger partial charge < -0.3 is 15.5 Å². The second-order valence-corrected chi connectivity index (χ2v) is 8.21. The van der Waals surface area contributed by atoms with Crippen LogP contribution in [0.3, 0.4) is 0 Å². The van der Waals surface area contributed by atoms with Crippen LogP contribution < -0.4 is 15.5 Å². The highest BCUT2D eigenvalue weighted by Gasteiger charge is 2.39. The van der Waals surface area contributed by atoms with Gasteiger partial charge in [0.1, 0.15) is 0 Å². The van der Waals surface area contributed by atoms with Gasteiger partial charge in [-0.1, -0.05) is 49.4 Å². The van der Waals surface area contributed by atoms with E-state index >= 15 is 0 Å². The third-order valence-electron chi connectivity index (χ3n) is 5.80. The van der Waals surface area contributed by atoms with E-state index in [0.29, 0.717) is 6.54 Å². The first-order valence-electron chi connectivity index (χ1n) is 10.9. The molecular weight excluding hydrogens is 431 g/mol. The summed E-state index contributed by atoms with van der Waals surface area (Å²) >= 11 is 0. The molecule has 0 aromatic heterocycles. The van der Waals surface area contributed by atoms with Crippen LogP contribution in [0, 0.1) is 11.8 Å². The largest absolute Gasteiger partial charge is 0.419 e. The maximum atomic E-state index is 14.2. The zero-order chi connectivity index (χ0) is 24.2. The van der Waals surface area contributed by atoms with Crippen molar-refractivity contribution in [2.45, 2.75) is 33.5 Å². The summed E-state index contributed by atoms with van der Waals surface area (Å²) in [4.78, 5) is 26.7. The van der Waals surface area contributed by atoms with Crippen LogP contribution in [0.1, 0.15) is 42.3 Å². The smallest absolute Gasteiger partial charge is 0.367 e. The molecule has 5 nitrogen and oxygen atoms in total. The highest BCUT2D eigenvalue weighted by Crippen LogP contribution is 2.39. The van der Waals surface area contributed by atoms with Crippen molar-refractivity contribution in [3.63, 3.8) is 0 Å². The summed E-state index contributed by atoms with van der Waals surface area (Å²) in [5.74, 6) is -1.81. The molecule has 0 fully saturated rings. The first-order chi connectivity index (χ1) is 15.6. The minimum atomic E-state index is -4.73. The summed E-state index contributed by atoms with van der Waals surface area (Å²) in [6.45, 7) is 5.92. The third-order valence-corrected chi connectivity index (χ3v) is 5.80. The lowest BCUT2D eigenvalue weighted by Crippen LogP contribution is -2.44. The van der Waals surface area contributed by atoms with Crippen LogP contribution in [0.15, 0.2) is 60.3 Å². The van der Waals surface area contributed by atoms with Crippen molar-refractivity contribution in [2.75, 3.05) is 18.0 Å². The Kier molecular flexibility index (Phi) is 7.46. The molecule has 2 aromatic carbocycles. The van der Waals surface area contributed by atoms with Crippen LogP contribution >= 0.6 is 0 Å². The van der Waals surface area contributed by atoms with Crippen molar-refractivity contribution in [2.24, 2.45) is 11.8 Å². The average molecular weight is 460 g/mol. The van der Waals surface area contributed by atoms with Gasteiger partial charge in [-0.3, -0.25) is 9.59 Å². The summed E-state index contributed by atoms with van der Waals surface area (Å²) in [7, 11) is 0. The van der Waals surface area contributed by atoms with Crippen molar-refractivity contribution >= 4 is 17.5 Å². The van der Waals surface area contributed by atoms with Gasteiger partial charge >= 0.3 is 6.18 Å². The van der Waals surface area contributed by atoms with E-state index in [1.807, 2.05) is 43.3 Å². The van der Waals surface area contributed by atoms with E-state index < -0.39 is 29.1 Å². The van der Waals surface area contributed by atoms with Crippen LogP contribution in [0.2, 0.25) is 0 Å². The number of nitrogens with zero attached hydrogens (tertiary/aromatic N) is 1. The Labute approximate surface area is 191 Å². The van der Waals surface area contributed by atoms with Crippen molar-refractivity contribution in [3.8, 4) is 0 Å². The van der Waals surface area contributed by atoms with E-state index in [-0.39, 0.29) is 30.6 Å². The van der Waals surface area contributed by atoms with Gasteiger partial charge in [0.15, 0.2) is 0 Å². The Bertz CT molecular complexity index is 1030. The van der Waals surface area contributed by atoms with E-state index in [1.165, 1.54) is 18.2 Å². The molecule has 2 unspecified atom stereocenters. The van der Waals surface area contributed by atoms with Crippen molar-refractivity contribution in [1.29, 1.82) is 0 Å². The molecule has 33 heavy (non-hydrogen) atoms. The maximum Gasteiger partial charge on any atom is 0.419 e. The normalized spacial score (nSPS) is 18.4. The van der Waals surface area contributed by atoms with Gasteiger partial charge in [-0.15, -0.1) is 0 Å². The molecule has 1 aliphatic heterocycles. The SMILES string of the molecule is CCN(Cc1ccccc1)c1cccc(C(=O)NCC2C(=O)NC(C)=CC2C)c1C(F)(F)F. The molecule has 8 heteroatoms. The quantitative estimate of drug-likeness (QED) is 0.628. The number of alkyl halides is 3. The first-order valence-corrected chi connectivity index (χ1v) is 10.9. The lowest BCUT2D eigenvalue weighted by atomic mass is 9.89. The number of amides is 2. The highest BCUT2D eigenvalue weighted by atomic mass is 19.4.